The van der Waals surface area contributed by atoms with Crippen LogP contribution in [0.1, 0.15) is 29.8 Å². The van der Waals surface area contributed by atoms with Gasteiger partial charge in [-0.2, -0.15) is 4.68 Å². The molecule has 0 aliphatic carbocycles. The fraction of sp³-hybridized carbons (Fsp3) is 0.333. The van der Waals surface area contributed by atoms with Crippen LogP contribution < -0.4 is 0 Å². The Morgan fingerprint density at radius 3 is 2.93 bits per heavy atom. The van der Waals surface area contributed by atoms with E-state index in [9.17, 15) is 4.79 Å². The number of thioether (sulfide) groups is 1. The molecule has 0 saturated carbocycles. The molecule has 0 radical (unpaired) electrons. The smallest absolute Gasteiger partial charge is 0.233 e. The van der Waals surface area contributed by atoms with Gasteiger partial charge in [0, 0.05) is 16.4 Å². The summed E-state index contributed by atoms with van der Waals surface area (Å²) in [5.74, 6) is 0.429. The highest BCUT2D eigenvalue weighted by Gasteiger charge is 2.30. The van der Waals surface area contributed by atoms with Crippen molar-refractivity contribution in [2.75, 3.05) is 12.3 Å². The first-order valence-corrected chi connectivity index (χ1v) is 10.9. The number of rotatable bonds is 5. The van der Waals surface area contributed by atoms with E-state index >= 15 is 0 Å². The number of tetrazole rings is 1. The Labute approximate surface area is 170 Å². The van der Waals surface area contributed by atoms with Crippen LogP contribution in [0.5, 0.6) is 0 Å². The quantitative estimate of drug-likeness (QED) is 0.585. The Morgan fingerprint density at radius 2 is 2.15 bits per heavy atom. The Bertz CT molecular complexity index is 939. The summed E-state index contributed by atoms with van der Waals surface area (Å²) < 4.78 is 1.62. The third-order valence-corrected chi connectivity index (χ3v) is 6.79. The maximum Gasteiger partial charge on any atom is 0.233 e. The first-order valence-electron chi connectivity index (χ1n) is 8.70. The third-order valence-electron chi connectivity index (χ3n) is 4.64. The molecule has 1 unspecified atom stereocenters. The fourth-order valence-corrected chi connectivity index (χ4v) is 5.19. The number of halogens is 1. The van der Waals surface area contributed by atoms with Gasteiger partial charge in [0.15, 0.2) is 0 Å². The molecule has 140 valence electrons. The monoisotopic (exact) mass is 419 g/mol. The zero-order valence-electron chi connectivity index (χ0n) is 14.7. The first kappa shape index (κ1) is 18.5. The van der Waals surface area contributed by atoms with Crippen molar-refractivity contribution in [1.29, 1.82) is 0 Å². The number of thiophene rings is 1. The highest BCUT2D eigenvalue weighted by Crippen LogP contribution is 2.35. The summed E-state index contributed by atoms with van der Waals surface area (Å²) in [7, 11) is 0. The van der Waals surface area contributed by atoms with Gasteiger partial charge in [-0.1, -0.05) is 30.3 Å². The minimum Gasteiger partial charge on any atom is -0.335 e. The van der Waals surface area contributed by atoms with Crippen LogP contribution in [0.15, 0.2) is 40.9 Å². The van der Waals surface area contributed by atoms with Crippen LogP contribution in [0.4, 0.5) is 0 Å². The van der Waals surface area contributed by atoms with E-state index in [-0.39, 0.29) is 11.9 Å². The Hall–Kier alpha value is -1.90. The molecule has 3 aromatic rings. The summed E-state index contributed by atoms with van der Waals surface area (Å²) in [6, 6.07) is 9.59. The van der Waals surface area contributed by atoms with Crippen molar-refractivity contribution >= 4 is 40.6 Å². The van der Waals surface area contributed by atoms with Crippen molar-refractivity contribution < 1.29 is 4.79 Å². The van der Waals surface area contributed by atoms with E-state index in [0.717, 1.165) is 25.1 Å². The van der Waals surface area contributed by atoms with Crippen molar-refractivity contribution in [3.05, 3.63) is 51.2 Å². The molecule has 1 aromatic carbocycles. The zero-order chi connectivity index (χ0) is 18.8. The standard InChI is InChI=1S/C18H18ClN5OS2/c1-2-15-14-8-10-26-16(14)7-9-23(15)17(25)11-27-18-20-21-22-24(18)13-5-3-12(19)4-6-13/h3-6,8,10,15H,2,7,9,11H2,1H3. The minimum absolute atomic E-state index is 0.120. The summed E-state index contributed by atoms with van der Waals surface area (Å²) in [6.07, 6.45) is 1.85. The van der Waals surface area contributed by atoms with Gasteiger partial charge >= 0.3 is 0 Å². The average molecular weight is 420 g/mol. The molecule has 0 N–H and O–H groups in total. The predicted octanol–water partition coefficient (Wildman–Crippen LogP) is 4.01. The molecule has 1 amide bonds. The maximum absolute atomic E-state index is 12.9. The van der Waals surface area contributed by atoms with E-state index in [2.05, 4.69) is 33.9 Å². The van der Waals surface area contributed by atoms with Crippen molar-refractivity contribution in [2.24, 2.45) is 0 Å². The second kappa shape index (κ2) is 8.00. The summed E-state index contributed by atoms with van der Waals surface area (Å²) in [5.41, 5.74) is 2.12. The SMILES string of the molecule is CCC1c2ccsc2CCN1C(=O)CSc1nnnn1-c1ccc(Cl)cc1. The van der Waals surface area contributed by atoms with Gasteiger partial charge in [0.05, 0.1) is 17.5 Å². The lowest BCUT2D eigenvalue weighted by atomic mass is 9.98. The topological polar surface area (TPSA) is 63.9 Å². The molecule has 6 nitrogen and oxygen atoms in total. The first-order chi connectivity index (χ1) is 13.2. The maximum atomic E-state index is 12.9. The van der Waals surface area contributed by atoms with Gasteiger partial charge in [0.2, 0.25) is 11.1 Å². The number of nitrogens with zero attached hydrogens (tertiary/aromatic N) is 5. The highest BCUT2D eigenvalue weighted by atomic mass is 35.5. The molecule has 0 fully saturated rings. The molecule has 0 spiro atoms. The van der Waals surface area contributed by atoms with Crippen LogP contribution in [-0.2, 0) is 11.2 Å². The second-order valence-electron chi connectivity index (χ2n) is 6.20. The molecular weight excluding hydrogens is 402 g/mol. The Morgan fingerprint density at radius 1 is 1.33 bits per heavy atom. The van der Waals surface area contributed by atoms with Crippen molar-refractivity contribution in [3.8, 4) is 5.69 Å². The van der Waals surface area contributed by atoms with Crippen molar-refractivity contribution in [2.45, 2.75) is 31.0 Å². The summed E-state index contributed by atoms with van der Waals surface area (Å²) in [6.45, 7) is 2.90. The van der Waals surface area contributed by atoms with Gasteiger partial charge in [0.25, 0.3) is 0 Å². The Kier molecular flexibility index (Phi) is 5.47. The molecule has 3 heterocycles. The molecular formula is C18H18ClN5OS2. The van der Waals surface area contributed by atoms with Gasteiger partial charge in [-0.3, -0.25) is 4.79 Å². The van der Waals surface area contributed by atoms with Crippen LogP contribution in [0.3, 0.4) is 0 Å². The molecule has 1 aliphatic rings. The van der Waals surface area contributed by atoms with Gasteiger partial charge < -0.3 is 4.90 Å². The van der Waals surface area contributed by atoms with Crippen LogP contribution in [-0.4, -0.2) is 43.3 Å². The number of carbonyl (C=O) groups excluding carboxylic acids is 1. The molecule has 1 atom stereocenters. The van der Waals surface area contributed by atoms with Gasteiger partial charge in [-0.15, -0.1) is 16.4 Å². The van der Waals surface area contributed by atoms with Crippen LogP contribution in [0.2, 0.25) is 5.02 Å². The van der Waals surface area contributed by atoms with Gasteiger partial charge in [-0.05, 0) is 64.5 Å². The summed E-state index contributed by atoms with van der Waals surface area (Å²) in [4.78, 5) is 16.3. The van der Waals surface area contributed by atoms with Gasteiger partial charge in [0.1, 0.15) is 0 Å². The molecule has 0 saturated heterocycles. The minimum atomic E-state index is 0.120. The van der Waals surface area contributed by atoms with Crippen LogP contribution in [0.25, 0.3) is 5.69 Å². The number of amides is 1. The molecule has 1 aliphatic heterocycles. The number of fused-ring (bicyclic) bond motifs is 1. The lowest BCUT2D eigenvalue weighted by Gasteiger charge is -2.35. The molecule has 0 bridgehead atoms. The number of benzene rings is 1. The Balaban J connectivity index is 1.46. The van der Waals surface area contributed by atoms with E-state index in [0.29, 0.717) is 15.9 Å². The van der Waals surface area contributed by atoms with E-state index in [1.165, 1.54) is 22.2 Å². The number of hydrogen-bond acceptors (Lipinski definition) is 6. The lowest BCUT2D eigenvalue weighted by molar-refractivity contribution is -0.131. The summed E-state index contributed by atoms with van der Waals surface area (Å²) >= 11 is 9.08. The fourth-order valence-electron chi connectivity index (χ4n) is 3.36. The van der Waals surface area contributed by atoms with Crippen LogP contribution >= 0.6 is 34.7 Å². The van der Waals surface area contributed by atoms with E-state index in [1.54, 1.807) is 28.2 Å². The molecule has 27 heavy (non-hydrogen) atoms. The van der Waals surface area contributed by atoms with Crippen LogP contribution in [0, 0.1) is 0 Å². The van der Waals surface area contributed by atoms with Crippen molar-refractivity contribution in [1.82, 2.24) is 25.1 Å². The zero-order valence-corrected chi connectivity index (χ0v) is 17.1. The van der Waals surface area contributed by atoms with Gasteiger partial charge in [-0.25, -0.2) is 0 Å². The molecule has 9 heteroatoms. The number of hydrogen-bond donors (Lipinski definition) is 0. The van der Waals surface area contributed by atoms with E-state index < -0.39 is 0 Å². The molecule has 4 rings (SSSR count). The normalized spacial score (nSPS) is 16.4. The largest absolute Gasteiger partial charge is 0.335 e. The predicted molar refractivity (Wildman–Crippen MR) is 108 cm³/mol. The average Bonchev–Trinajstić information content (AvgIpc) is 3.35. The number of carbonyl (C=O) groups is 1. The lowest BCUT2D eigenvalue weighted by Crippen LogP contribution is -2.40. The number of aromatic nitrogens is 4. The second-order valence-corrected chi connectivity index (χ2v) is 8.58. The molecule has 2 aromatic heterocycles. The third kappa shape index (κ3) is 3.74. The van der Waals surface area contributed by atoms with Crippen molar-refractivity contribution in [3.63, 3.8) is 0 Å². The highest BCUT2D eigenvalue weighted by molar-refractivity contribution is 7.99. The summed E-state index contributed by atoms with van der Waals surface area (Å²) in [5, 5.41) is 15.2. The van der Waals surface area contributed by atoms with E-state index in [4.69, 9.17) is 11.6 Å². The van der Waals surface area contributed by atoms with E-state index in [1.807, 2.05) is 17.0 Å².